The predicted molar refractivity (Wildman–Crippen MR) is 82.8 cm³/mol. The summed E-state index contributed by atoms with van der Waals surface area (Å²) in [5.41, 5.74) is 2.73. The van der Waals surface area contributed by atoms with Crippen LogP contribution in [0.4, 0.5) is 0 Å². The Bertz CT molecular complexity index is 418. The van der Waals surface area contributed by atoms with Crippen molar-refractivity contribution in [1.29, 1.82) is 0 Å². The Hall–Kier alpha value is -1.80. The average Bonchev–Trinajstić information content (AvgIpc) is 2.50. The van der Waals surface area contributed by atoms with Gasteiger partial charge >= 0.3 is 0 Å². The van der Waals surface area contributed by atoms with E-state index in [1.807, 2.05) is 12.2 Å². The van der Waals surface area contributed by atoms with Gasteiger partial charge in [-0.2, -0.15) is 4.89 Å². The Morgan fingerprint density at radius 2 is 1.55 bits per heavy atom. The zero-order chi connectivity index (χ0) is 13.9. The van der Waals surface area contributed by atoms with Crippen LogP contribution in [0, 0.1) is 0 Å². The van der Waals surface area contributed by atoms with Gasteiger partial charge in [0.15, 0.2) is 0 Å². The number of allylic oxidation sites excluding steroid dienone is 10. The minimum Gasteiger partial charge on any atom is -0.345 e. The highest BCUT2D eigenvalue weighted by molar-refractivity contribution is 5.37. The maximum Gasteiger partial charge on any atom is 0.129 e. The Morgan fingerprint density at radius 3 is 2.45 bits per heavy atom. The molecule has 0 saturated carbocycles. The molecule has 1 aliphatic heterocycles. The third-order valence-corrected chi connectivity index (χ3v) is 3.31. The molecule has 0 bridgehead atoms. The molecule has 0 fully saturated rings. The van der Waals surface area contributed by atoms with Crippen LogP contribution in [0.25, 0.3) is 0 Å². The highest BCUT2D eigenvalue weighted by Gasteiger charge is 2.05. The van der Waals surface area contributed by atoms with Crippen LogP contribution in [0.15, 0.2) is 72.1 Å². The molecule has 0 amide bonds. The van der Waals surface area contributed by atoms with Gasteiger partial charge in [-0.3, -0.25) is 0 Å². The lowest BCUT2D eigenvalue weighted by Gasteiger charge is -2.12. The van der Waals surface area contributed by atoms with Crippen molar-refractivity contribution in [2.75, 3.05) is 6.61 Å². The second-order valence-corrected chi connectivity index (χ2v) is 4.82. The topological polar surface area (TPSA) is 18.5 Å². The second-order valence-electron chi connectivity index (χ2n) is 4.82. The number of hydrogen-bond donors (Lipinski definition) is 0. The van der Waals surface area contributed by atoms with Crippen molar-refractivity contribution >= 4 is 0 Å². The molecule has 2 heteroatoms. The van der Waals surface area contributed by atoms with Crippen LogP contribution < -0.4 is 0 Å². The Labute approximate surface area is 121 Å². The van der Waals surface area contributed by atoms with Crippen molar-refractivity contribution in [1.82, 2.24) is 0 Å². The van der Waals surface area contributed by atoms with Crippen LogP contribution in [0.2, 0.25) is 0 Å². The largest absolute Gasteiger partial charge is 0.345 e. The summed E-state index contributed by atoms with van der Waals surface area (Å²) >= 11 is 0. The molecule has 2 aliphatic rings. The molecule has 106 valence electrons. The molecule has 1 heterocycles. The van der Waals surface area contributed by atoms with E-state index in [0.29, 0.717) is 6.61 Å². The first kappa shape index (κ1) is 14.6. The molecule has 0 aromatic heterocycles. The van der Waals surface area contributed by atoms with Crippen molar-refractivity contribution < 1.29 is 9.78 Å². The van der Waals surface area contributed by atoms with Crippen LogP contribution in [-0.2, 0) is 9.78 Å². The van der Waals surface area contributed by atoms with E-state index in [1.54, 1.807) is 6.26 Å². The van der Waals surface area contributed by atoms with Gasteiger partial charge in [0.25, 0.3) is 0 Å². The fourth-order valence-electron chi connectivity index (χ4n) is 2.24. The standard InChI is InChI=1S/C18H22O2/c1-2-4-7-11-17(12-8-5-3-1)18-13-9-6-10-15-19-20-16-14-18/h1-2,4,6-7,9-11,13,15H,3,5,8,12,14,16H2. The molecule has 2 rings (SSSR count). The summed E-state index contributed by atoms with van der Waals surface area (Å²) in [6.45, 7) is 0.574. The first-order chi connectivity index (χ1) is 9.97. The fraction of sp³-hybridized carbons (Fsp3) is 0.333. The molecule has 0 unspecified atom stereocenters. The summed E-state index contributed by atoms with van der Waals surface area (Å²) in [7, 11) is 0. The molecular weight excluding hydrogens is 248 g/mol. The van der Waals surface area contributed by atoms with Gasteiger partial charge in [0.1, 0.15) is 6.26 Å². The summed E-state index contributed by atoms with van der Waals surface area (Å²) in [6.07, 6.45) is 26.0. The first-order valence-corrected chi connectivity index (χ1v) is 7.30. The molecule has 0 saturated heterocycles. The van der Waals surface area contributed by atoms with Crippen LogP contribution in [-0.4, -0.2) is 6.61 Å². The summed E-state index contributed by atoms with van der Waals surface area (Å²) in [5.74, 6) is 0. The third kappa shape index (κ3) is 5.45. The van der Waals surface area contributed by atoms with E-state index < -0.39 is 0 Å². The summed E-state index contributed by atoms with van der Waals surface area (Å²) in [6, 6.07) is 0. The van der Waals surface area contributed by atoms with Gasteiger partial charge in [0.2, 0.25) is 0 Å². The van der Waals surface area contributed by atoms with Crippen molar-refractivity contribution in [2.24, 2.45) is 0 Å². The lowest BCUT2D eigenvalue weighted by Crippen LogP contribution is -1.99. The van der Waals surface area contributed by atoms with E-state index in [0.717, 1.165) is 19.3 Å². The zero-order valence-corrected chi connectivity index (χ0v) is 11.8. The normalized spacial score (nSPS) is 20.8. The first-order valence-electron chi connectivity index (χ1n) is 7.30. The van der Waals surface area contributed by atoms with Gasteiger partial charge in [-0.05, 0) is 42.9 Å². The molecule has 0 aromatic carbocycles. The molecule has 0 aromatic rings. The highest BCUT2D eigenvalue weighted by atomic mass is 17.2. The van der Waals surface area contributed by atoms with E-state index in [4.69, 9.17) is 9.78 Å². The SMILES string of the molecule is C1=CC=C(C2=CC=CC=COOCC2)CCCCC=C1. The number of rotatable bonds is 1. The zero-order valence-electron chi connectivity index (χ0n) is 11.8. The smallest absolute Gasteiger partial charge is 0.129 e. The van der Waals surface area contributed by atoms with Crippen LogP contribution in [0.3, 0.4) is 0 Å². The van der Waals surface area contributed by atoms with Crippen LogP contribution >= 0.6 is 0 Å². The lowest BCUT2D eigenvalue weighted by atomic mass is 9.95. The minimum absolute atomic E-state index is 0.574. The Balaban J connectivity index is 2.15. The van der Waals surface area contributed by atoms with E-state index in [2.05, 4.69) is 42.5 Å². The third-order valence-electron chi connectivity index (χ3n) is 3.31. The highest BCUT2D eigenvalue weighted by Crippen LogP contribution is 2.22. The van der Waals surface area contributed by atoms with Crippen LogP contribution in [0.5, 0.6) is 0 Å². The second kappa shape index (κ2) is 9.16. The molecule has 0 spiro atoms. The van der Waals surface area contributed by atoms with Crippen molar-refractivity contribution in [3.63, 3.8) is 0 Å². The van der Waals surface area contributed by atoms with Crippen LogP contribution in [0.1, 0.15) is 32.1 Å². The quantitative estimate of drug-likeness (QED) is 0.628. The van der Waals surface area contributed by atoms with Crippen molar-refractivity contribution in [3.8, 4) is 0 Å². The average molecular weight is 270 g/mol. The van der Waals surface area contributed by atoms with Crippen molar-refractivity contribution in [3.05, 3.63) is 72.1 Å². The van der Waals surface area contributed by atoms with Gasteiger partial charge in [-0.15, -0.1) is 0 Å². The molecule has 0 N–H and O–H groups in total. The number of hydrogen-bond acceptors (Lipinski definition) is 2. The molecule has 0 radical (unpaired) electrons. The maximum atomic E-state index is 5.11. The molecule has 1 aliphatic carbocycles. The van der Waals surface area contributed by atoms with Gasteiger partial charge in [-0.1, -0.05) is 48.6 Å². The summed E-state index contributed by atoms with van der Waals surface area (Å²) in [4.78, 5) is 10.0. The van der Waals surface area contributed by atoms with E-state index >= 15 is 0 Å². The summed E-state index contributed by atoms with van der Waals surface area (Å²) < 4.78 is 0. The van der Waals surface area contributed by atoms with Gasteiger partial charge in [0.05, 0.1) is 6.61 Å². The molecular formula is C18H22O2. The maximum absolute atomic E-state index is 5.11. The van der Waals surface area contributed by atoms with E-state index in [1.165, 1.54) is 24.0 Å². The molecule has 0 atom stereocenters. The minimum atomic E-state index is 0.574. The Morgan fingerprint density at radius 1 is 0.750 bits per heavy atom. The summed E-state index contributed by atoms with van der Waals surface area (Å²) in [5, 5.41) is 0. The molecule has 20 heavy (non-hydrogen) atoms. The predicted octanol–water partition coefficient (Wildman–Crippen LogP) is 4.95. The Kier molecular flexibility index (Phi) is 6.69. The van der Waals surface area contributed by atoms with Gasteiger partial charge < -0.3 is 4.89 Å². The van der Waals surface area contributed by atoms with E-state index in [9.17, 15) is 0 Å². The monoisotopic (exact) mass is 270 g/mol. The van der Waals surface area contributed by atoms with Gasteiger partial charge in [-0.25, -0.2) is 0 Å². The van der Waals surface area contributed by atoms with E-state index in [-0.39, 0.29) is 0 Å². The van der Waals surface area contributed by atoms with Gasteiger partial charge in [0, 0.05) is 6.42 Å². The lowest BCUT2D eigenvalue weighted by molar-refractivity contribution is -0.247. The van der Waals surface area contributed by atoms with Crippen molar-refractivity contribution in [2.45, 2.75) is 32.1 Å². The fourth-order valence-corrected chi connectivity index (χ4v) is 2.24. The molecule has 2 nitrogen and oxygen atoms in total.